The molecule has 0 spiro atoms. The summed E-state index contributed by atoms with van der Waals surface area (Å²) in [5.74, 6) is -0.700. The van der Waals surface area contributed by atoms with Gasteiger partial charge in [-0.05, 0) is 48.0 Å². The van der Waals surface area contributed by atoms with Crippen molar-refractivity contribution in [3.8, 4) is 22.4 Å². The van der Waals surface area contributed by atoms with E-state index in [2.05, 4.69) is 36.8 Å². The zero-order valence-corrected chi connectivity index (χ0v) is 16.6. The van der Waals surface area contributed by atoms with Crippen LogP contribution < -0.4 is 5.14 Å². The minimum Gasteiger partial charge on any atom is -0.256 e. The van der Waals surface area contributed by atoms with Gasteiger partial charge in [-0.15, -0.1) is 0 Å². The minimum atomic E-state index is -4.03. The monoisotopic (exact) mass is 484 g/mol. The van der Waals surface area contributed by atoms with Gasteiger partial charge in [0.05, 0.1) is 10.6 Å². The maximum Gasteiger partial charge on any atom is 0.238 e. The number of hydrogen-bond donors (Lipinski definition) is 1. The van der Waals surface area contributed by atoms with Gasteiger partial charge in [0, 0.05) is 26.3 Å². The van der Waals surface area contributed by atoms with Gasteiger partial charge < -0.3 is 0 Å². The Balaban J connectivity index is 2.25. The summed E-state index contributed by atoms with van der Waals surface area (Å²) in [7, 11) is -4.03. The molecule has 1 aromatic heterocycles. The summed E-state index contributed by atoms with van der Waals surface area (Å²) in [5.41, 5.74) is 2.36. The Morgan fingerprint density at radius 3 is 2.28 bits per heavy atom. The summed E-state index contributed by atoms with van der Waals surface area (Å²) in [4.78, 5) is 4.02. The first-order chi connectivity index (χ1) is 11.7. The van der Waals surface area contributed by atoms with Crippen molar-refractivity contribution < 1.29 is 12.8 Å². The first kappa shape index (κ1) is 18.2. The fraction of sp³-hybridized carbons (Fsp3) is 0. The number of benzene rings is 2. The first-order valence-corrected chi connectivity index (χ1v) is 10.1. The molecule has 0 atom stereocenters. The van der Waals surface area contributed by atoms with Crippen molar-refractivity contribution in [1.29, 1.82) is 0 Å². The predicted octanol–water partition coefficient (Wildman–Crippen LogP) is 4.73. The second-order valence-electron chi connectivity index (χ2n) is 5.28. The number of rotatable bonds is 3. The molecule has 2 N–H and O–H groups in total. The fourth-order valence-electron chi connectivity index (χ4n) is 2.44. The van der Waals surface area contributed by atoms with Crippen molar-refractivity contribution in [2.75, 3.05) is 0 Å². The third kappa shape index (κ3) is 4.14. The van der Waals surface area contributed by atoms with Gasteiger partial charge in [0.25, 0.3) is 0 Å². The van der Waals surface area contributed by atoms with E-state index in [1.165, 1.54) is 12.1 Å². The van der Waals surface area contributed by atoms with E-state index in [-0.39, 0.29) is 4.90 Å². The Hall–Kier alpha value is -1.61. The lowest BCUT2D eigenvalue weighted by molar-refractivity contribution is 0.592. The van der Waals surface area contributed by atoms with Crippen LogP contribution in [0.15, 0.2) is 68.6 Å². The van der Waals surface area contributed by atoms with E-state index in [1.54, 1.807) is 12.3 Å². The van der Waals surface area contributed by atoms with Crippen molar-refractivity contribution in [2.24, 2.45) is 5.14 Å². The molecule has 3 aromatic rings. The molecule has 0 aliphatic heterocycles. The van der Waals surface area contributed by atoms with Crippen LogP contribution in [-0.2, 0) is 10.0 Å². The molecule has 1 heterocycles. The standard InChI is InChI=1S/C17H11Br2FN2O2S/c18-12-4-10(5-13(19)8-12)16-2-1-3-22-17(16)11-6-14(20)9-15(7-11)25(21,23)24/h1-9H,(H2,21,23,24). The van der Waals surface area contributed by atoms with E-state index in [1.807, 2.05) is 24.3 Å². The smallest absolute Gasteiger partial charge is 0.238 e. The van der Waals surface area contributed by atoms with Crippen molar-refractivity contribution in [3.05, 3.63) is 69.5 Å². The Morgan fingerprint density at radius 1 is 0.960 bits per heavy atom. The van der Waals surface area contributed by atoms with Crippen LogP contribution in [0.25, 0.3) is 22.4 Å². The number of sulfonamides is 1. The topological polar surface area (TPSA) is 73.1 Å². The molecule has 0 unspecified atom stereocenters. The molecule has 0 fully saturated rings. The van der Waals surface area contributed by atoms with Crippen LogP contribution in [0.3, 0.4) is 0 Å². The molecule has 128 valence electrons. The lowest BCUT2D eigenvalue weighted by Gasteiger charge is -2.11. The number of primary sulfonamides is 1. The molecule has 0 saturated heterocycles. The third-order valence-electron chi connectivity index (χ3n) is 3.45. The number of halogens is 3. The van der Waals surface area contributed by atoms with Crippen molar-refractivity contribution >= 4 is 41.9 Å². The largest absolute Gasteiger partial charge is 0.256 e. The van der Waals surface area contributed by atoms with Gasteiger partial charge in [-0.1, -0.05) is 37.9 Å². The molecule has 0 aliphatic carbocycles. The molecule has 25 heavy (non-hydrogen) atoms. The summed E-state index contributed by atoms with van der Waals surface area (Å²) in [6.45, 7) is 0. The number of hydrogen-bond acceptors (Lipinski definition) is 3. The Kier molecular flexibility index (Phi) is 5.06. The van der Waals surface area contributed by atoms with Gasteiger partial charge in [-0.3, -0.25) is 4.98 Å². The van der Waals surface area contributed by atoms with Gasteiger partial charge >= 0.3 is 0 Å². The number of nitrogens with two attached hydrogens (primary N) is 1. The Bertz CT molecular complexity index is 1050. The van der Waals surface area contributed by atoms with Crippen molar-refractivity contribution in [1.82, 2.24) is 4.98 Å². The Labute approximate surface area is 161 Å². The average molecular weight is 486 g/mol. The zero-order chi connectivity index (χ0) is 18.2. The molecule has 0 bridgehead atoms. The lowest BCUT2D eigenvalue weighted by atomic mass is 9.99. The quantitative estimate of drug-likeness (QED) is 0.582. The second-order valence-corrected chi connectivity index (χ2v) is 8.67. The van der Waals surface area contributed by atoms with Crippen LogP contribution in [0.5, 0.6) is 0 Å². The van der Waals surface area contributed by atoms with E-state index >= 15 is 0 Å². The molecular weight excluding hydrogens is 475 g/mol. The number of pyridine rings is 1. The first-order valence-electron chi connectivity index (χ1n) is 6.99. The molecule has 4 nitrogen and oxygen atoms in total. The molecule has 0 aliphatic rings. The van der Waals surface area contributed by atoms with Crippen LogP contribution >= 0.6 is 31.9 Å². The molecule has 0 radical (unpaired) electrons. The van der Waals surface area contributed by atoms with Gasteiger partial charge in [0.2, 0.25) is 10.0 Å². The maximum absolute atomic E-state index is 13.9. The highest BCUT2D eigenvalue weighted by atomic mass is 79.9. The van der Waals surface area contributed by atoms with Crippen LogP contribution in [0.1, 0.15) is 0 Å². The molecule has 8 heteroatoms. The summed E-state index contributed by atoms with van der Waals surface area (Å²) in [5, 5.41) is 5.13. The van der Waals surface area contributed by atoms with E-state index in [4.69, 9.17) is 5.14 Å². The van der Waals surface area contributed by atoms with E-state index in [9.17, 15) is 12.8 Å². The molecular formula is C17H11Br2FN2O2S. The van der Waals surface area contributed by atoms with Gasteiger partial charge in [0.15, 0.2) is 0 Å². The predicted molar refractivity (Wildman–Crippen MR) is 102 cm³/mol. The van der Waals surface area contributed by atoms with Gasteiger partial charge in [-0.25, -0.2) is 17.9 Å². The highest BCUT2D eigenvalue weighted by Crippen LogP contribution is 2.34. The van der Waals surface area contributed by atoms with Crippen molar-refractivity contribution in [2.45, 2.75) is 4.90 Å². The molecule has 0 amide bonds. The third-order valence-corrected chi connectivity index (χ3v) is 5.26. The molecule has 0 saturated carbocycles. The van der Waals surface area contributed by atoms with E-state index in [0.29, 0.717) is 11.3 Å². The van der Waals surface area contributed by atoms with Gasteiger partial charge in [0.1, 0.15) is 5.82 Å². The highest BCUT2D eigenvalue weighted by molar-refractivity contribution is 9.11. The van der Waals surface area contributed by atoms with Crippen molar-refractivity contribution in [3.63, 3.8) is 0 Å². The van der Waals surface area contributed by atoms with Crippen LogP contribution in [0.2, 0.25) is 0 Å². The second kappa shape index (κ2) is 6.95. The van der Waals surface area contributed by atoms with Crippen LogP contribution in [-0.4, -0.2) is 13.4 Å². The summed E-state index contributed by atoms with van der Waals surface area (Å²) >= 11 is 6.87. The highest BCUT2D eigenvalue weighted by Gasteiger charge is 2.15. The molecule has 3 rings (SSSR count). The van der Waals surface area contributed by atoms with Gasteiger partial charge in [-0.2, -0.15) is 0 Å². The van der Waals surface area contributed by atoms with Crippen LogP contribution in [0.4, 0.5) is 4.39 Å². The fourth-order valence-corrected chi connectivity index (χ4v) is 4.30. The average Bonchev–Trinajstić information content (AvgIpc) is 2.52. The number of nitrogens with zero attached hydrogens (tertiary/aromatic N) is 1. The summed E-state index contributed by atoms with van der Waals surface area (Å²) in [6, 6.07) is 12.7. The Morgan fingerprint density at radius 2 is 1.64 bits per heavy atom. The zero-order valence-electron chi connectivity index (χ0n) is 12.6. The summed E-state index contributed by atoms with van der Waals surface area (Å²) in [6.07, 6.45) is 1.56. The number of aromatic nitrogens is 1. The van der Waals surface area contributed by atoms with E-state index < -0.39 is 15.8 Å². The normalized spacial score (nSPS) is 11.5. The molecule has 2 aromatic carbocycles. The lowest BCUT2D eigenvalue weighted by Crippen LogP contribution is -2.12. The van der Waals surface area contributed by atoms with E-state index in [0.717, 1.165) is 26.1 Å². The minimum absolute atomic E-state index is 0.297. The summed E-state index contributed by atoms with van der Waals surface area (Å²) < 4.78 is 38.8. The maximum atomic E-state index is 13.9. The van der Waals surface area contributed by atoms with Crippen LogP contribution in [0, 0.1) is 5.82 Å². The SMILES string of the molecule is NS(=O)(=O)c1cc(F)cc(-c2ncccc2-c2cc(Br)cc(Br)c2)c1.